The molecular weight excluding hydrogens is 266 g/mol. The van der Waals surface area contributed by atoms with Gasteiger partial charge in [-0.15, -0.1) is 0 Å². The minimum absolute atomic E-state index is 0.201. The second-order valence-corrected chi connectivity index (χ2v) is 5.64. The quantitative estimate of drug-likeness (QED) is 0.822. The number of benzene rings is 1. The highest BCUT2D eigenvalue weighted by Gasteiger charge is 2.38. The summed E-state index contributed by atoms with van der Waals surface area (Å²) in [6, 6.07) is 7.51. The molecule has 1 aromatic carbocycles. The molecule has 0 unspecified atom stereocenters. The van der Waals surface area contributed by atoms with Gasteiger partial charge in [0.25, 0.3) is 0 Å². The maximum absolute atomic E-state index is 11.2. The zero-order chi connectivity index (χ0) is 14.4. The van der Waals surface area contributed by atoms with Gasteiger partial charge < -0.3 is 14.8 Å². The Kier molecular flexibility index (Phi) is 2.64. The summed E-state index contributed by atoms with van der Waals surface area (Å²) in [5.74, 6) is -0.215. The van der Waals surface area contributed by atoms with Crippen molar-refractivity contribution >= 4 is 11.7 Å². The van der Waals surface area contributed by atoms with Gasteiger partial charge in [-0.3, -0.25) is 0 Å². The maximum Gasteiger partial charge on any atom is 0.335 e. The van der Waals surface area contributed by atoms with Gasteiger partial charge in [-0.1, -0.05) is 12.2 Å². The van der Waals surface area contributed by atoms with Crippen LogP contribution in [0.2, 0.25) is 0 Å². The van der Waals surface area contributed by atoms with Crippen LogP contribution in [0.15, 0.2) is 53.4 Å². The standard InChI is InChI=1S/C17H15NO3/c19-17(20)10-4-5-15-14(8-10)12-2-1-3-13(12)16(18-15)11-6-7-21-9-11/h1-2,4-9,12-13,16,18H,3H2,(H,19,20)/t12-,13+,16+/m1/s1. The lowest BCUT2D eigenvalue weighted by Crippen LogP contribution is -2.29. The van der Waals surface area contributed by atoms with E-state index in [2.05, 4.69) is 17.5 Å². The van der Waals surface area contributed by atoms with Crippen LogP contribution in [0, 0.1) is 5.92 Å². The Bertz CT molecular complexity index is 718. The Balaban J connectivity index is 1.80. The zero-order valence-electron chi connectivity index (χ0n) is 11.3. The fourth-order valence-corrected chi connectivity index (χ4v) is 3.51. The first-order valence-corrected chi connectivity index (χ1v) is 7.06. The number of rotatable bonds is 2. The van der Waals surface area contributed by atoms with Crippen molar-refractivity contribution in [2.75, 3.05) is 5.32 Å². The highest BCUT2D eigenvalue weighted by molar-refractivity contribution is 5.89. The number of allylic oxidation sites excluding steroid dienone is 2. The number of hydrogen-bond donors (Lipinski definition) is 2. The van der Waals surface area contributed by atoms with Crippen molar-refractivity contribution in [2.45, 2.75) is 18.4 Å². The molecule has 3 atom stereocenters. The maximum atomic E-state index is 11.2. The molecule has 1 aliphatic carbocycles. The molecule has 0 saturated carbocycles. The fourth-order valence-electron chi connectivity index (χ4n) is 3.51. The van der Waals surface area contributed by atoms with Gasteiger partial charge in [0.1, 0.15) is 0 Å². The van der Waals surface area contributed by atoms with E-state index in [0.717, 1.165) is 23.2 Å². The van der Waals surface area contributed by atoms with Crippen molar-refractivity contribution in [1.29, 1.82) is 0 Å². The Morgan fingerprint density at radius 2 is 2.24 bits per heavy atom. The highest BCUT2D eigenvalue weighted by atomic mass is 16.4. The van der Waals surface area contributed by atoms with E-state index in [1.807, 2.05) is 12.1 Å². The number of fused-ring (bicyclic) bond motifs is 3. The summed E-state index contributed by atoms with van der Waals surface area (Å²) >= 11 is 0. The van der Waals surface area contributed by atoms with Crippen LogP contribution in [0.25, 0.3) is 0 Å². The predicted octanol–water partition coefficient (Wildman–Crippen LogP) is 3.80. The Hall–Kier alpha value is -2.49. The summed E-state index contributed by atoms with van der Waals surface area (Å²) in [6.45, 7) is 0. The molecule has 0 amide bonds. The number of hydrogen-bond acceptors (Lipinski definition) is 3. The van der Waals surface area contributed by atoms with Crippen molar-refractivity contribution < 1.29 is 14.3 Å². The molecule has 4 nitrogen and oxygen atoms in total. The Morgan fingerprint density at radius 3 is 3.00 bits per heavy atom. The zero-order valence-corrected chi connectivity index (χ0v) is 11.3. The van der Waals surface area contributed by atoms with Crippen molar-refractivity contribution in [1.82, 2.24) is 0 Å². The van der Waals surface area contributed by atoms with Crippen LogP contribution in [0.5, 0.6) is 0 Å². The SMILES string of the molecule is O=C(O)c1ccc2c(c1)[C@@H]1C=CC[C@@H]1[C@H](c1ccoc1)N2. The summed E-state index contributed by atoms with van der Waals surface area (Å²) in [5.41, 5.74) is 3.57. The third-order valence-corrected chi connectivity index (χ3v) is 4.51. The number of carboxylic acid groups (broad SMARTS) is 1. The number of carboxylic acids is 1. The van der Waals surface area contributed by atoms with Crippen LogP contribution in [0.3, 0.4) is 0 Å². The van der Waals surface area contributed by atoms with Crippen LogP contribution >= 0.6 is 0 Å². The molecule has 0 saturated heterocycles. The molecular formula is C17H15NO3. The van der Waals surface area contributed by atoms with Crippen LogP contribution < -0.4 is 5.32 Å². The Labute approximate surface area is 122 Å². The van der Waals surface area contributed by atoms with Gasteiger partial charge in [-0.25, -0.2) is 4.79 Å². The van der Waals surface area contributed by atoms with Crippen LogP contribution in [-0.4, -0.2) is 11.1 Å². The molecule has 106 valence electrons. The summed E-state index contributed by atoms with van der Waals surface area (Å²) in [6.07, 6.45) is 8.85. The first kappa shape index (κ1) is 12.3. The normalized spacial score (nSPS) is 26.0. The van der Waals surface area contributed by atoms with E-state index in [1.165, 1.54) is 0 Å². The van der Waals surface area contributed by atoms with Gasteiger partial charge in [0.05, 0.1) is 24.1 Å². The molecule has 1 aliphatic heterocycles. The third kappa shape index (κ3) is 1.87. The molecule has 2 aromatic rings. The second kappa shape index (κ2) is 4.52. The second-order valence-electron chi connectivity index (χ2n) is 5.64. The van der Waals surface area contributed by atoms with E-state index in [0.29, 0.717) is 11.5 Å². The first-order valence-electron chi connectivity index (χ1n) is 7.06. The summed E-state index contributed by atoms with van der Waals surface area (Å²) < 4.78 is 5.22. The average molecular weight is 281 g/mol. The molecule has 0 bridgehead atoms. The van der Waals surface area contributed by atoms with E-state index in [9.17, 15) is 9.90 Å². The minimum atomic E-state index is -0.881. The lowest BCUT2D eigenvalue weighted by atomic mass is 9.77. The molecule has 4 heteroatoms. The molecule has 2 aliphatic rings. The third-order valence-electron chi connectivity index (χ3n) is 4.51. The molecule has 0 radical (unpaired) electrons. The largest absolute Gasteiger partial charge is 0.478 e. The van der Waals surface area contributed by atoms with Gasteiger partial charge in [0, 0.05) is 17.2 Å². The molecule has 21 heavy (non-hydrogen) atoms. The van der Waals surface area contributed by atoms with Crippen molar-refractivity contribution in [3.05, 3.63) is 65.6 Å². The van der Waals surface area contributed by atoms with E-state index in [-0.39, 0.29) is 12.0 Å². The van der Waals surface area contributed by atoms with Crippen molar-refractivity contribution in [3.63, 3.8) is 0 Å². The average Bonchev–Trinajstić information content (AvgIpc) is 3.17. The van der Waals surface area contributed by atoms with E-state index >= 15 is 0 Å². The van der Waals surface area contributed by atoms with Crippen molar-refractivity contribution in [3.8, 4) is 0 Å². The smallest absolute Gasteiger partial charge is 0.335 e. The lowest BCUT2D eigenvalue weighted by molar-refractivity contribution is 0.0696. The number of anilines is 1. The lowest BCUT2D eigenvalue weighted by Gasteiger charge is -2.36. The molecule has 1 aromatic heterocycles. The first-order chi connectivity index (χ1) is 10.2. The summed E-state index contributed by atoms with van der Waals surface area (Å²) in [7, 11) is 0. The Morgan fingerprint density at radius 1 is 1.33 bits per heavy atom. The van der Waals surface area contributed by atoms with Crippen LogP contribution in [-0.2, 0) is 0 Å². The van der Waals surface area contributed by atoms with Crippen LogP contribution in [0.4, 0.5) is 5.69 Å². The number of aromatic carboxylic acids is 1. The number of nitrogens with one attached hydrogen (secondary N) is 1. The van der Waals surface area contributed by atoms with Gasteiger partial charge in [-0.05, 0) is 42.2 Å². The minimum Gasteiger partial charge on any atom is -0.478 e. The van der Waals surface area contributed by atoms with E-state index in [1.54, 1.807) is 24.7 Å². The topological polar surface area (TPSA) is 62.5 Å². The predicted molar refractivity (Wildman–Crippen MR) is 78.5 cm³/mol. The summed E-state index contributed by atoms with van der Waals surface area (Å²) in [5, 5.41) is 12.7. The number of furan rings is 1. The molecule has 0 spiro atoms. The molecule has 2 N–H and O–H groups in total. The van der Waals surface area contributed by atoms with Crippen molar-refractivity contribution in [2.24, 2.45) is 5.92 Å². The fraction of sp³-hybridized carbons (Fsp3) is 0.235. The van der Waals surface area contributed by atoms with Gasteiger partial charge in [0.15, 0.2) is 0 Å². The molecule has 2 heterocycles. The van der Waals surface area contributed by atoms with Crippen LogP contribution in [0.1, 0.15) is 39.9 Å². The van der Waals surface area contributed by atoms with Gasteiger partial charge >= 0.3 is 5.97 Å². The number of carbonyl (C=O) groups is 1. The van der Waals surface area contributed by atoms with E-state index < -0.39 is 5.97 Å². The van der Waals surface area contributed by atoms with Gasteiger partial charge in [-0.2, -0.15) is 0 Å². The van der Waals surface area contributed by atoms with Gasteiger partial charge in [0.2, 0.25) is 0 Å². The highest BCUT2D eigenvalue weighted by Crippen LogP contribution is 2.49. The van der Waals surface area contributed by atoms with E-state index in [4.69, 9.17) is 4.42 Å². The summed E-state index contributed by atoms with van der Waals surface area (Å²) in [4.78, 5) is 11.2. The molecule has 0 fully saturated rings. The monoisotopic (exact) mass is 281 g/mol. The molecule has 4 rings (SSSR count).